The van der Waals surface area contributed by atoms with Gasteiger partial charge in [0.15, 0.2) is 11.5 Å². The van der Waals surface area contributed by atoms with Crippen LogP contribution in [0.5, 0.6) is 11.5 Å². The quantitative estimate of drug-likeness (QED) is 0.741. The minimum Gasteiger partial charge on any atom is -0.486 e. The lowest BCUT2D eigenvalue weighted by Crippen LogP contribution is -2.15. The highest BCUT2D eigenvalue weighted by molar-refractivity contribution is 6.31. The van der Waals surface area contributed by atoms with Crippen molar-refractivity contribution in [3.05, 3.63) is 29.7 Å². The van der Waals surface area contributed by atoms with Crippen molar-refractivity contribution in [1.29, 1.82) is 0 Å². The molecule has 3 heterocycles. The third kappa shape index (κ3) is 1.66. The van der Waals surface area contributed by atoms with Crippen molar-refractivity contribution >= 4 is 22.6 Å². The minimum absolute atomic E-state index is 0.316. The summed E-state index contributed by atoms with van der Waals surface area (Å²) in [6.45, 7) is 1.12. The van der Waals surface area contributed by atoms with Crippen LogP contribution in [0.4, 0.5) is 0 Å². The van der Waals surface area contributed by atoms with Gasteiger partial charge in [-0.15, -0.1) is 0 Å². The first-order valence-corrected chi connectivity index (χ1v) is 6.22. The average Bonchev–Trinajstić information content (AvgIpc) is 3.01. The molecule has 0 fully saturated rings. The molecular weight excluding hydrogens is 268 g/mol. The number of imidazole rings is 1. The Labute approximate surface area is 113 Å². The number of hydrogen-bond acceptors (Lipinski definition) is 4. The molecule has 2 aromatic heterocycles. The van der Waals surface area contributed by atoms with Crippen LogP contribution in [0.25, 0.3) is 22.4 Å². The molecule has 0 radical (unpaired) electrons. The largest absolute Gasteiger partial charge is 0.486 e. The van der Waals surface area contributed by atoms with Crippen molar-refractivity contribution < 1.29 is 13.9 Å². The second kappa shape index (κ2) is 3.93. The number of aromatic nitrogens is 2. The number of halogens is 1. The zero-order valence-corrected chi connectivity index (χ0v) is 10.5. The van der Waals surface area contributed by atoms with Crippen LogP contribution in [0.1, 0.15) is 0 Å². The van der Waals surface area contributed by atoms with Crippen LogP contribution in [0.2, 0.25) is 5.22 Å². The Kier molecular flexibility index (Phi) is 2.22. The number of nitrogens with one attached hydrogen (secondary N) is 1. The summed E-state index contributed by atoms with van der Waals surface area (Å²) in [5.74, 6) is 2.11. The number of nitrogens with zero attached hydrogens (tertiary/aromatic N) is 1. The van der Waals surface area contributed by atoms with Gasteiger partial charge in [0.05, 0.1) is 22.9 Å². The summed E-state index contributed by atoms with van der Waals surface area (Å²) in [5.41, 5.74) is 2.41. The predicted molar refractivity (Wildman–Crippen MR) is 69.8 cm³/mol. The van der Waals surface area contributed by atoms with E-state index in [1.165, 1.54) is 6.26 Å². The molecule has 0 atom stereocenters. The fourth-order valence-corrected chi connectivity index (χ4v) is 2.34. The number of aromatic amines is 1. The van der Waals surface area contributed by atoms with E-state index in [4.69, 9.17) is 25.5 Å². The molecule has 1 aliphatic rings. The van der Waals surface area contributed by atoms with E-state index < -0.39 is 0 Å². The molecule has 5 nitrogen and oxygen atoms in total. The summed E-state index contributed by atoms with van der Waals surface area (Å²) in [7, 11) is 0. The van der Waals surface area contributed by atoms with Gasteiger partial charge < -0.3 is 18.9 Å². The van der Waals surface area contributed by atoms with E-state index in [0.29, 0.717) is 24.3 Å². The maximum absolute atomic E-state index is 5.95. The lowest BCUT2D eigenvalue weighted by atomic mass is 10.2. The number of ether oxygens (including phenoxy) is 2. The highest BCUT2D eigenvalue weighted by Gasteiger charge is 2.16. The highest BCUT2D eigenvalue weighted by atomic mass is 35.5. The normalized spacial score (nSPS) is 13.9. The van der Waals surface area contributed by atoms with Crippen molar-refractivity contribution in [3.63, 3.8) is 0 Å². The number of hydrogen-bond donors (Lipinski definition) is 1. The summed E-state index contributed by atoms with van der Waals surface area (Å²) in [4.78, 5) is 7.69. The van der Waals surface area contributed by atoms with E-state index in [0.717, 1.165) is 28.1 Å². The van der Waals surface area contributed by atoms with E-state index in [9.17, 15) is 0 Å². The second-order valence-corrected chi connectivity index (χ2v) is 4.55. The number of fused-ring (bicyclic) bond motifs is 2. The van der Waals surface area contributed by atoms with Crippen LogP contribution in [0.15, 0.2) is 28.9 Å². The summed E-state index contributed by atoms with van der Waals surface area (Å²) >= 11 is 5.95. The van der Waals surface area contributed by atoms with Gasteiger partial charge in [-0.3, -0.25) is 0 Å². The summed E-state index contributed by atoms with van der Waals surface area (Å²) in [6.07, 6.45) is 1.53. The zero-order chi connectivity index (χ0) is 12.8. The van der Waals surface area contributed by atoms with Gasteiger partial charge in [0.25, 0.3) is 0 Å². The monoisotopic (exact) mass is 276 g/mol. The van der Waals surface area contributed by atoms with E-state index in [1.807, 2.05) is 12.1 Å². The molecule has 1 aliphatic heterocycles. The van der Waals surface area contributed by atoms with Crippen molar-refractivity contribution in [1.82, 2.24) is 9.97 Å². The molecular formula is C13H9ClN2O3. The lowest BCUT2D eigenvalue weighted by molar-refractivity contribution is 0.172. The van der Waals surface area contributed by atoms with Gasteiger partial charge in [0, 0.05) is 12.1 Å². The molecule has 0 bridgehead atoms. The van der Waals surface area contributed by atoms with Crippen molar-refractivity contribution in [2.24, 2.45) is 0 Å². The summed E-state index contributed by atoms with van der Waals surface area (Å²) in [6, 6.07) is 5.51. The Morgan fingerprint density at radius 2 is 1.95 bits per heavy atom. The zero-order valence-electron chi connectivity index (χ0n) is 9.77. The molecule has 0 saturated heterocycles. The molecule has 1 N–H and O–H groups in total. The number of rotatable bonds is 1. The average molecular weight is 277 g/mol. The predicted octanol–water partition coefficient (Wildman–Crippen LogP) is 3.25. The Balaban J connectivity index is 1.90. The van der Waals surface area contributed by atoms with Crippen LogP contribution < -0.4 is 9.47 Å². The third-order valence-electron chi connectivity index (χ3n) is 3.02. The molecule has 3 aromatic rings. The fraction of sp³-hybridized carbons (Fsp3) is 0.154. The van der Waals surface area contributed by atoms with Gasteiger partial charge in [-0.2, -0.15) is 0 Å². The first kappa shape index (κ1) is 10.8. The van der Waals surface area contributed by atoms with Gasteiger partial charge >= 0.3 is 0 Å². The Morgan fingerprint density at radius 1 is 1.16 bits per heavy atom. The van der Waals surface area contributed by atoms with E-state index in [2.05, 4.69) is 9.97 Å². The van der Waals surface area contributed by atoms with Crippen LogP contribution >= 0.6 is 11.6 Å². The van der Waals surface area contributed by atoms with Crippen LogP contribution in [-0.4, -0.2) is 23.2 Å². The van der Waals surface area contributed by atoms with E-state index >= 15 is 0 Å². The highest BCUT2D eigenvalue weighted by Crippen LogP contribution is 2.35. The second-order valence-electron chi connectivity index (χ2n) is 4.21. The summed E-state index contributed by atoms with van der Waals surface area (Å²) in [5, 5.41) is 0.316. The molecule has 1 aromatic carbocycles. The Hall–Kier alpha value is -2.14. The number of benzene rings is 1. The van der Waals surface area contributed by atoms with Crippen molar-refractivity contribution in [3.8, 4) is 22.9 Å². The number of H-pyrrole nitrogens is 1. The Morgan fingerprint density at radius 3 is 2.68 bits per heavy atom. The van der Waals surface area contributed by atoms with E-state index in [-0.39, 0.29) is 0 Å². The molecule has 19 heavy (non-hydrogen) atoms. The fourth-order valence-electron chi connectivity index (χ4n) is 2.14. The molecule has 0 saturated carbocycles. The van der Waals surface area contributed by atoms with Crippen molar-refractivity contribution in [2.75, 3.05) is 13.2 Å². The SMILES string of the molecule is Clc1occc1-c1nc2cc3c(cc2[nH]1)OCCO3. The first-order valence-electron chi connectivity index (χ1n) is 5.84. The van der Waals surface area contributed by atoms with Crippen molar-refractivity contribution in [2.45, 2.75) is 0 Å². The third-order valence-corrected chi connectivity index (χ3v) is 3.31. The molecule has 0 spiro atoms. The maximum atomic E-state index is 5.95. The lowest BCUT2D eigenvalue weighted by Gasteiger charge is -2.17. The van der Waals surface area contributed by atoms with E-state index in [1.54, 1.807) is 6.07 Å². The topological polar surface area (TPSA) is 60.3 Å². The van der Waals surface area contributed by atoms with Crippen LogP contribution in [-0.2, 0) is 0 Å². The van der Waals surface area contributed by atoms with Crippen LogP contribution in [0.3, 0.4) is 0 Å². The molecule has 6 heteroatoms. The van der Waals surface area contributed by atoms with Gasteiger partial charge in [0.2, 0.25) is 5.22 Å². The van der Waals surface area contributed by atoms with Crippen LogP contribution in [0, 0.1) is 0 Å². The minimum atomic E-state index is 0.316. The molecule has 96 valence electrons. The molecule has 0 unspecified atom stereocenters. The standard InChI is InChI=1S/C13H9ClN2O3/c14-12-7(1-2-19-12)13-15-8-5-10-11(6-9(8)16-13)18-4-3-17-10/h1-2,5-6H,3-4H2,(H,15,16). The Bertz CT molecular complexity index is 719. The molecule has 0 amide bonds. The van der Waals surface area contributed by atoms with Gasteiger partial charge in [-0.05, 0) is 17.7 Å². The molecule has 4 rings (SSSR count). The maximum Gasteiger partial charge on any atom is 0.203 e. The first-order chi connectivity index (χ1) is 9.31. The molecule has 0 aliphatic carbocycles. The summed E-state index contributed by atoms with van der Waals surface area (Å²) < 4.78 is 16.1. The smallest absolute Gasteiger partial charge is 0.203 e. The van der Waals surface area contributed by atoms with Gasteiger partial charge in [0.1, 0.15) is 19.0 Å². The van der Waals surface area contributed by atoms with Gasteiger partial charge in [-0.1, -0.05) is 0 Å². The number of furan rings is 1. The van der Waals surface area contributed by atoms with Gasteiger partial charge in [-0.25, -0.2) is 4.98 Å².